The van der Waals surface area contributed by atoms with Gasteiger partial charge in [0.2, 0.25) is 5.95 Å². The van der Waals surface area contributed by atoms with Crippen LogP contribution in [-0.2, 0) is 14.9 Å². The zero-order valence-electron chi connectivity index (χ0n) is 17.1. The molecule has 0 unspecified atom stereocenters. The highest BCUT2D eigenvalue weighted by molar-refractivity contribution is 7.87. The molecule has 9 nitrogen and oxygen atoms in total. The Bertz CT molecular complexity index is 956. The van der Waals surface area contributed by atoms with Crippen molar-refractivity contribution in [1.82, 2.24) is 19.0 Å². The normalized spacial score (nSPS) is 23.5. The summed E-state index contributed by atoms with van der Waals surface area (Å²) in [5.41, 5.74) is 6.89. The largest absolute Gasteiger partial charge is 0.383 e. The molecule has 0 amide bonds. The Labute approximate surface area is 177 Å². The van der Waals surface area contributed by atoms with Crippen molar-refractivity contribution < 1.29 is 13.2 Å². The molecule has 2 aromatic rings. The van der Waals surface area contributed by atoms with Crippen molar-refractivity contribution in [3.8, 4) is 0 Å². The van der Waals surface area contributed by atoms with Crippen LogP contribution >= 0.6 is 0 Å². The zero-order valence-corrected chi connectivity index (χ0v) is 17.9. The van der Waals surface area contributed by atoms with Gasteiger partial charge in [0.05, 0.1) is 18.7 Å². The number of aromatic nitrogens is 2. The molecule has 0 spiro atoms. The topological polar surface area (TPSA) is 122 Å². The molecule has 0 bridgehead atoms. The van der Waals surface area contributed by atoms with Crippen molar-refractivity contribution in [3.05, 3.63) is 24.3 Å². The van der Waals surface area contributed by atoms with Crippen LogP contribution in [0.15, 0.2) is 24.3 Å². The van der Waals surface area contributed by atoms with E-state index in [4.69, 9.17) is 10.5 Å². The van der Waals surface area contributed by atoms with Crippen LogP contribution in [0.3, 0.4) is 0 Å². The van der Waals surface area contributed by atoms with Gasteiger partial charge in [-0.05, 0) is 49.7 Å². The maximum atomic E-state index is 12.4. The summed E-state index contributed by atoms with van der Waals surface area (Å²) in [5.74, 6) is 1.95. The Morgan fingerprint density at radius 3 is 2.43 bits per heavy atom. The van der Waals surface area contributed by atoms with Crippen molar-refractivity contribution in [3.63, 3.8) is 0 Å². The predicted molar refractivity (Wildman–Crippen MR) is 117 cm³/mol. The average Bonchev–Trinajstić information content (AvgIpc) is 2.78. The van der Waals surface area contributed by atoms with Crippen LogP contribution < -0.4 is 15.8 Å². The van der Waals surface area contributed by atoms with E-state index in [1.165, 1.54) is 4.31 Å². The van der Waals surface area contributed by atoms with Crippen LogP contribution in [0.4, 0.5) is 11.8 Å². The van der Waals surface area contributed by atoms with Crippen molar-refractivity contribution in [2.24, 2.45) is 11.8 Å². The van der Waals surface area contributed by atoms with Gasteiger partial charge in [0.15, 0.2) is 0 Å². The van der Waals surface area contributed by atoms with E-state index in [-0.39, 0.29) is 0 Å². The Morgan fingerprint density at radius 1 is 1.03 bits per heavy atom. The van der Waals surface area contributed by atoms with Gasteiger partial charge in [-0.1, -0.05) is 12.1 Å². The summed E-state index contributed by atoms with van der Waals surface area (Å²) in [7, 11) is -3.40. The zero-order chi connectivity index (χ0) is 21.0. The van der Waals surface area contributed by atoms with Crippen LogP contribution in [0, 0.1) is 11.8 Å². The summed E-state index contributed by atoms with van der Waals surface area (Å²) in [5, 5.41) is 4.19. The summed E-state index contributed by atoms with van der Waals surface area (Å²) in [4.78, 5) is 8.91. The molecule has 1 saturated heterocycles. The molecule has 2 aliphatic rings. The Balaban J connectivity index is 1.22. The molecule has 1 aromatic carbocycles. The number of para-hydroxylation sites is 1. The maximum Gasteiger partial charge on any atom is 0.279 e. The fourth-order valence-corrected chi connectivity index (χ4v) is 5.42. The van der Waals surface area contributed by atoms with Crippen LogP contribution in [0.2, 0.25) is 0 Å². The second kappa shape index (κ2) is 9.42. The Hall–Kier alpha value is -2.01. The van der Waals surface area contributed by atoms with Crippen molar-refractivity contribution in [2.75, 3.05) is 50.4 Å². The van der Waals surface area contributed by atoms with Gasteiger partial charge in [-0.25, -0.2) is 9.71 Å². The van der Waals surface area contributed by atoms with Gasteiger partial charge in [-0.3, -0.25) is 0 Å². The summed E-state index contributed by atoms with van der Waals surface area (Å²) < 4.78 is 34.3. The number of nitrogens with one attached hydrogen (secondary N) is 2. The number of fused-ring (bicyclic) bond motifs is 1. The summed E-state index contributed by atoms with van der Waals surface area (Å²) in [6, 6.07) is 7.71. The van der Waals surface area contributed by atoms with E-state index in [0.29, 0.717) is 56.5 Å². The van der Waals surface area contributed by atoms with Crippen LogP contribution in [0.25, 0.3) is 10.9 Å². The van der Waals surface area contributed by atoms with Gasteiger partial charge in [-0.15, -0.1) is 0 Å². The molecule has 2 fully saturated rings. The number of nitrogens with two attached hydrogens (primary N) is 1. The lowest BCUT2D eigenvalue weighted by Crippen LogP contribution is -2.47. The first kappa shape index (κ1) is 21.2. The van der Waals surface area contributed by atoms with E-state index in [2.05, 4.69) is 20.0 Å². The molecule has 4 rings (SSSR count). The van der Waals surface area contributed by atoms with Crippen molar-refractivity contribution >= 4 is 32.9 Å². The highest BCUT2D eigenvalue weighted by atomic mass is 32.2. The smallest absolute Gasteiger partial charge is 0.279 e. The van der Waals surface area contributed by atoms with Crippen LogP contribution in [-0.4, -0.2) is 62.1 Å². The number of ether oxygens (including phenoxy) is 1. The Morgan fingerprint density at radius 2 is 1.70 bits per heavy atom. The molecule has 1 saturated carbocycles. The maximum absolute atomic E-state index is 12.4. The summed E-state index contributed by atoms with van der Waals surface area (Å²) >= 11 is 0. The highest BCUT2D eigenvalue weighted by Crippen LogP contribution is 2.29. The van der Waals surface area contributed by atoms with Gasteiger partial charge in [0, 0.05) is 31.6 Å². The third kappa shape index (κ3) is 5.18. The fourth-order valence-electron chi connectivity index (χ4n) is 4.16. The van der Waals surface area contributed by atoms with E-state index in [1.807, 2.05) is 24.3 Å². The third-order valence-electron chi connectivity index (χ3n) is 6.01. The summed E-state index contributed by atoms with van der Waals surface area (Å²) in [6.45, 7) is 3.08. The van der Waals surface area contributed by atoms with Gasteiger partial charge in [0.25, 0.3) is 10.2 Å². The number of nitrogen functional groups attached to an aromatic ring is 1. The number of anilines is 2. The molecule has 0 radical (unpaired) electrons. The van der Waals surface area contributed by atoms with Gasteiger partial charge >= 0.3 is 0 Å². The minimum Gasteiger partial charge on any atom is -0.383 e. The minimum atomic E-state index is -3.40. The number of benzene rings is 1. The molecule has 30 heavy (non-hydrogen) atoms. The Kier molecular flexibility index (Phi) is 6.67. The lowest BCUT2D eigenvalue weighted by atomic mass is 9.82. The monoisotopic (exact) mass is 434 g/mol. The molecule has 1 aromatic heterocycles. The van der Waals surface area contributed by atoms with E-state index < -0.39 is 10.2 Å². The molecule has 164 valence electrons. The molecule has 2 heterocycles. The molecule has 0 atom stereocenters. The number of nitrogens with zero attached hydrogens (tertiary/aromatic N) is 3. The molecular formula is C20H30N6O3S. The van der Waals surface area contributed by atoms with E-state index in [9.17, 15) is 8.42 Å². The first-order valence-corrected chi connectivity index (χ1v) is 12.0. The number of rotatable bonds is 7. The fraction of sp³-hybridized carbons (Fsp3) is 0.600. The lowest BCUT2D eigenvalue weighted by molar-refractivity contribution is 0.0724. The molecular weight excluding hydrogens is 404 g/mol. The quantitative estimate of drug-likeness (QED) is 0.605. The van der Waals surface area contributed by atoms with Crippen molar-refractivity contribution in [1.29, 1.82) is 0 Å². The van der Waals surface area contributed by atoms with E-state index in [1.54, 1.807) is 0 Å². The minimum absolute atomic E-state index is 0.379. The van der Waals surface area contributed by atoms with Gasteiger partial charge < -0.3 is 15.8 Å². The third-order valence-corrected chi connectivity index (χ3v) is 7.59. The highest BCUT2D eigenvalue weighted by Gasteiger charge is 2.27. The second-order valence-electron chi connectivity index (χ2n) is 8.08. The van der Waals surface area contributed by atoms with Gasteiger partial charge in [0.1, 0.15) is 5.82 Å². The van der Waals surface area contributed by atoms with Crippen LogP contribution in [0.1, 0.15) is 25.7 Å². The molecule has 1 aliphatic carbocycles. The van der Waals surface area contributed by atoms with Crippen molar-refractivity contribution in [2.45, 2.75) is 25.7 Å². The van der Waals surface area contributed by atoms with E-state index in [0.717, 1.165) is 43.1 Å². The van der Waals surface area contributed by atoms with E-state index >= 15 is 0 Å². The number of hydrogen-bond donors (Lipinski definition) is 3. The molecule has 1 aliphatic heterocycles. The first-order chi connectivity index (χ1) is 14.5. The number of hydrogen-bond acceptors (Lipinski definition) is 7. The standard InChI is InChI=1S/C20H30N6O3S/c21-19-17-3-1-2-4-18(17)24-20(25-19)22-13-15-5-7-16(8-6-15)14-23-30(27,28)26-9-11-29-12-10-26/h1-4,15-16,23H,5-14H2,(H3,21,22,24,25). The number of morpholine rings is 1. The first-order valence-electron chi connectivity index (χ1n) is 10.6. The van der Waals surface area contributed by atoms with Crippen LogP contribution in [0.5, 0.6) is 0 Å². The SMILES string of the molecule is Nc1nc(NCC2CCC(CNS(=O)(=O)N3CCOCC3)CC2)nc2ccccc12. The predicted octanol–water partition coefficient (Wildman–Crippen LogP) is 1.60. The molecule has 4 N–H and O–H groups in total. The second-order valence-corrected chi connectivity index (χ2v) is 9.84. The summed E-state index contributed by atoms with van der Waals surface area (Å²) in [6.07, 6.45) is 4.14. The lowest BCUT2D eigenvalue weighted by Gasteiger charge is -2.30. The average molecular weight is 435 g/mol. The molecule has 10 heteroatoms. The van der Waals surface area contributed by atoms with Gasteiger partial charge in [-0.2, -0.15) is 17.7 Å².